The lowest BCUT2D eigenvalue weighted by atomic mass is 10.1. The van der Waals surface area contributed by atoms with Crippen LogP contribution in [0.2, 0.25) is 0 Å². The van der Waals surface area contributed by atoms with Gasteiger partial charge in [0.25, 0.3) is 0 Å². The summed E-state index contributed by atoms with van der Waals surface area (Å²) in [5.74, 6) is 6.98. The average molecular weight is 219 g/mol. The molecule has 0 aliphatic carbocycles. The molecule has 1 atom stereocenters. The molecule has 0 saturated carbocycles. The molecule has 1 aromatic rings. The molecular weight excluding hydrogens is 202 g/mol. The first-order valence-electron chi connectivity index (χ1n) is 5.16. The fraction of sp³-hybridized carbons (Fsp3) is 0.385. The second-order valence-electron chi connectivity index (χ2n) is 3.24. The molecule has 0 aliphatic heterocycles. The number of benzene rings is 1. The molecule has 0 saturated heterocycles. The van der Waals surface area contributed by atoms with Crippen molar-refractivity contribution in [1.29, 1.82) is 0 Å². The molecule has 0 aliphatic rings. The number of hydrogen-bond donors (Lipinski definition) is 1. The van der Waals surface area contributed by atoms with E-state index in [-0.39, 0.29) is 6.04 Å². The van der Waals surface area contributed by atoms with Crippen LogP contribution in [0.15, 0.2) is 29.2 Å². The van der Waals surface area contributed by atoms with Crippen molar-refractivity contribution in [1.82, 2.24) is 0 Å². The van der Waals surface area contributed by atoms with Gasteiger partial charge < -0.3 is 5.73 Å². The quantitative estimate of drug-likeness (QED) is 0.621. The largest absolute Gasteiger partial charge is 0.323 e. The van der Waals surface area contributed by atoms with Gasteiger partial charge >= 0.3 is 0 Å². The number of rotatable bonds is 4. The second-order valence-corrected chi connectivity index (χ2v) is 4.58. The average Bonchev–Trinajstić information content (AvgIpc) is 2.27. The first-order chi connectivity index (χ1) is 7.27. The van der Waals surface area contributed by atoms with Gasteiger partial charge in [-0.15, -0.1) is 23.6 Å². The van der Waals surface area contributed by atoms with E-state index in [9.17, 15) is 0 Å². The minimum atomic E-state index is 0.0399. The van der Waals surface area contributed by atoms with Crippen LogP contribution in [0.5, 0.6) is 0 Å². The van der Waals surface area contributed by atoms with Crippen LogP contribution >= 0.6 is 11.8 Å². The van der Waals surface area contributed by atoms with Crippen molar-refractivity contribution in [2.24, 2.45) is 5.73 Å². The fourth-order valence-electron chi connectivity index (χ4n) is 1.31. The molecule has 15 heavy (non-hydrogen) atoms. The van der Waals surface area contributed by atoms with Crippen LogP contribution in [-0.4, -0.2) is 5.75 Å². The lowest BCUT2D eigenvalue weighted by Gasteiger charge is -2.08. The highest BCUT2D eigenvalue weighted by atomic mass is 32.2. The Morgan fingerprint density at radius 1 is 1.33 bits per heavy atom. The molecule has 2 N–H and O–H groups in total. The maximum absolute atomic E-state index is 6.00. The molecule has 0 fully saturated rings. The summed E-state index contributed by atoms with van der Waals surface area (Å²) in [4.78, 5) is 1.30. The SMILES string of the molecule is CC#CCC(N)c1ccc(SCC)cc1. The minimum absolute atomic E-state index is 0.0399. The van der Waals surface area contributed by atoms with E-state index >= 15 is 0 Å². The third kappa shape index (κ3) is 3.99. The molecule has 0 spiro atoms. The first kappa shape index (κ1) is 12.2. The van der Waals surface area contributed by atoms with Crippen molar-refractivity contribution in [3.05, 3.63) is 29.8 Å². The normalized spacial score (nSPS) is 11.7. The van der Waals surface area contributed by atoms with Gasteiger partial charge in [-0.25, -0.2) is 0 Å². The summed E-state index contributed by atoms with van der Waals surface area (Å²) in [6.45, 7) is 3.99. The Labute approximate surface area is 96.4 Å². The molecule has 0 heterocycles. The monoisotopic (exact) mass is 219 g/mol. The molecule has 0 amide bonds. The van der Waals surface area contributed by atoms with Gasteiger partial charge in [0.15, 0.2) is 0 Å². The third-order valence-corrected chi connectivity index (χ3v) is 3.01. The van der Waals surface area contributed by atoms with E-state index in [0.717, 1.165) is 12.2 Å². The van der Waals surface area contributed by atoms with Crippen molar-refractivity contribution in [3.63, 3.8) is 0 Å². The highest BCUT2D eigenvalue weighted by Crippen LogP contribution is 2.20. The Hall–Kier alpha value is -0.910. The van der Waals surface area contributed by atoms with Gasteiger partial charge in [0.05, 0.1) is 0 Å². The zero-order chi connectivity index (χ0) is 11.1. The van der Waals surface area contributed by atoms with Gasteiger partial charge in [-0.05, 0) is 30.4 Å². The Balaban J connectivity index is 2.64. The second kappa shape index (κ2) is 6.55. The van der Waals surface area contributed by atoms with Gasteiger partial charge in [-0.2, -0.15) is 0 Å². The molecule has 80 valence electrons. The van der Waals surface area contributed by atoms with Crippen LogP contribution < -0.4 is 5.73 Å². The Kier molecular flexibility index (Phi) is 5.31. The predicted octanol–water partition coefficient (Wildman–Crippen LogP) is 3.21. The van der Waals surface area contributed by atoms with Gasteiger partial charge in [-0.3, -0.25) is 0 Å². The molecule has 0 aromatic heterocycles. The minimum Gasteiger partial charge on any atom is -0.323 e. The lowest BCUT2D eigenvalue weighted by molar-refractivity contribution is 0.753. The molecule has 2 heteroatoms. The van der Waals surface area contributed by atoms with E-state index in [2.05, 4.69) is 43.0 Å². The molecule has 1 rings (SSSR count). The zero-order valence-electron chi connectivity index (χ0n) is 9.29. The maximum atomic E-state index is 6.00. The van der Waals surface area contributed by atoms with E-state index in [4.69, 9.17) is 5.73 Å². The summed E-state index contributed by atoms with van der Waals surface area (Å²) in [5.41, 5.74) is 7.16. The van der Waals surface area contributed by atoms with Crippen LogP contribution in [0.3, 0.4) is 0 Å². The van der Waals surface area contributed by atoms with Crippen molar-refractivity contribution in [3.8, 4) is 11.8 Å². The summed E-state index contributed by atoms with van der Waals surface area (Å²) in [6, 6.07) is 8.49. The highest BCUT2D eigenvalue weighted by molar-refractivity contribution is 7.99. The van der Waals surface area contributed by atoms with Crippen LogP contribution in [0.4, 0.5) is 0 Å². The smallest absolute Gasteiger partial charge is 0.0405 e. The van der Waals surface area contributed by atoms with Gasteiger partial charge in [0.2, 0.25) is 0 Å². The van der Waals surface area contributed by atoms with E-state index in [1.807, 2.05) is 18.7 Å². The lowest BCUT2D eigenvalue weighted by Crippen LogP contribution is -2.08. The van der Waals surface area contributed by atoms with Crippen molar-refractivity contribution >= 4 is 11.8 Å². The topological polar surface area (TPSA) is 26.0 Å². The highest BCUT2D eigenvalue weighted by Gasteiger charge is 2.03. The molecule has 0 bridgehead atoms. The van der Waals surface area contributed by atoms with E-state index < -0.39 is 0 Å². The molecule has 1 nitrogen and oxygen atoms in total. The van der Waals surface area contributed by atoms with Crippen molar-refractivity contribution < 1.29 is 0 Å². The van der Waals surface area contributed by atoms with Crippen LogP contribution in [-0.2, 0) is 0 Å². The third-order valence-electron chi connectivity index (χ3n) is 2.12. The summed E-state index contributed by atoms with van der Waals surface area (Å²) < 4.78 is 0. The number of nitrogens with two attached hydrogens (primary N) is 1. The van der Waals surface area contributed by atoms with Crippen molar-refractivity contribution in [2.75, 3.05) is 5.75 Å². The summed E-state index contributed by atoms with van der Waals surface area (Å²) >= 11 is 1.84. The standard InChI is InChI=1S/C13H17NS/c1-3-5-6-13(14)11-7-9-12(10-8-11)15-4-2/h7-10,13H,4,6,14H2,1-2H3. The summed E-state index contributed by atoms with van der Waals surface area (Å²) in [5, 5.41) is 0. The van der Waals surface area contributed by atoms with E-state index in [0.29, 0.717) is 0 Å². The molecule has 0 radical (unpaired) electrons. The fourth-order valence-corrected chi connectivity index (χ4v) is 1.97. The number of hydrogen-bond acceptors (Lipinski definition) is 2. The zero-order valence-corrected chi connectivity index (χ0v) is 10.1. The van der Waals surface area contributed by atoms with Gasteiger partial charge in [0, 0.05) is 17.4 Å². The Morgan fingerprint density at radius 3 is 2.53 bits per heavy atom. The summed E-state index contributed by atoms with van der Waals surface area (Å²) in [6.07, 6.45) is 0.733. The predicted molar refractivity (Wildman–Crippen MR) is 67.8 cm³/mol. The van der Waals surface area contributed by atoms with Crippen molar-refractivity contribution in [2.45, 2.75) is 31.2 Å². The number of thioether (sulfide) groups is 1. The van der Waals surface area contributed by atoms with Gasteiger partial charge in [-0.1, -0.05) is 19.1 Å². The molecule has 1 aromatic carbocycles. The maximum Gasteiger partial charge on any atom is 0.0405 e. The van der Waals surface area contributed by atoms with E-state index in [1.165, 1.54) is 10.5 Å². The van der Waals surface area contributed by atoms with Crippen LogP contribution in [0, 0.1) is 11.8 Å². The van der Waals surface area contributed by atoms with Gasteiger partial charge in [0.1, 0.15) is 0 Å². The van der Waals surface area contributed by atoms with Crippen LogP contribution in [0.1, 0.15) is 31.9 Å². The Morgan fingerprint density at radius 2 is 2.00 bits per heavy atom. The van der Waals surface area contributed by atoms with Crippen LogP contribution in [0.25, 0.3) is 0 Å². The molecule has 1 unspecified atom stereocenters. The van der Waals surface area contributed by atoms with E-state index in [1.54, 1.807) is 0 Å². The Bertz CT molecular complexity index is 345. The summed E-state index contributed by atoms with van der Waals surface area (Å²) in [7, 11) is 0. The first-order valence-corrected chi connectivity index (χ1v) is 6.14. The molecular formula is C13H17NS.